The second-order valence-electron chi connectivity index (χ2n) is 4.32. The highest BCUT2D eigenvalue weighted by Gasteiger charge is 2.21. The quantitative estimate of drug-likeness (QED) is 0.854. The number of aryl methyl sites for hydroxylation is 1. The maximum Gasteiger partial charge on any atom is 0.146 e. The number of hydrogen-bond acceptors (Lipinski definition) is 4. The molecular formula is C13H15N3S. The van der Waals surface area contributed by atoms with Crippen LogP contribution in [-0.4, -0.2) is 4.98 Å². The van der Waals surface area contributed by atoms with E-state index in [0.717, 1.165) is 12.1 Å². The number of rotatable bonds is 2. The Bertz CT molecular complexity index is 521. The zero-order chi connectivity index (χ0) is 11.7. The van der Waals surface area contributed by atoms with Gasteiger partial charge in [0.2, 0.25) is 0 Å². The lowest BCUT2D eigenvalue weighted by Crippen LogP contribution is -2.16. The van der Waals surface area contributed by atoms with Crippen molar-refractivity contribution in [2.24, 2.45) is 0 Å². The van der Waals surface area contributed by atoms with Crippen LogP contribution in [0.4, 0.5) is 11.5 Å². The van der Waals surface area contributed by atoms with Crippen LogP contribution < -0.4 is 11.1 Å². The van der Waals surface area contributed by atoms with Gasteiger partial charge in [-0.05, 0) is 48.4 Å². The van der Waals surface area contributed by atoms with Crippen LogP contribution in [0.3, 0.4) is 0 Å². The number of nitrogen functional groups attached to an aromatic ring is 1. The molecule has 1 atom stereocenters. The summed E-state index contributed by atoms with van der Waals surface area (Å²) in [6, 6.07) is 6.51. The maximum atomic E-state index is 5.86. The maximum absolute atomic E-state index is 5.86. The van der Waals surface area contributed by atoms with Crippen LogP contribution >= 0.6 is 11.3 Å². The van der Waals surface area contributed by atoms with Crippen molar-refractivity contribution in [3.8, 4) is 0 Å². The van der Waals surface area contributed by atoms with Crippen molar-refractivity contribution in [1.82, 2.24) is 4.98 Å². The molecule has 17 heavy (non-hydrogen) atoms. The summed E-state index contributed by atoms with van der Waals surface area (Å²) in [6.45, 7) is 0. The van der Waals surface area contributed by atoms with Gasteiger partial charge in [-0.25, -0.2) is 4.98 Å². The monoisotopic (exact) mass is 245 g/mol. The van der Waals surface area contributed by atoms with E-state index >= 15 is 0 Å². The van der Waals surface area contributed by atoms with Gasteiger partial charge in [-0.1, -0.05) is 0 Å². The minimum absolute atomic E-state index is 0.386. The van der Waals surface area contributed by atoms with E-state index in [2.05, 4.69) is 21.7 Å². The average molecular weight is 245 g/mol. The van der Waals surface area contributed by atoms with E-state index in [1.54, 1.807) is 6.20 Å². The highest BCUT2D eigenvalue weighted by molar-refractivity contribution is 7.10. The molecule has 0 spiro atoms. The van der Waals surface area contributed by atoms with Gasteiger partial charge in [0, 0.05) is 11.1 Å². The molecule has 0 bridgehead atoms. The van der Waals surface area contributed by atoms with Crippen molar-refractivity contribution >= 4 is 22.8 Å². The predicted octanol–water partition coefficient (Wildman–Crippen LogP) is 3.21. The van der Waals surface area contributed by atoms with Crippen LogP contribution in [0.5, 0.6) is 0 Å². The Balaban J connectivity index is 1.86. The molecule has 2 aromatic rings. The van der Waals surface area contributed by atoms with Gasteiger partial charge < -0.3 is 11.1 Å². The summed E-state index contributed by atoms with van der Waals surface area (Å²) in [4.78, 5) is 5.62. The third-order valence-electron chi connectivity index (χ3n) is 3.22. The molecule has 0 saturated carbocycles. The van der Waals surface area contributed by atoms with Crippen molar-refractivity contribution in [2.45, 2.75) is 25.3 Å². The number of anilines is 2. The van der Waals surface area contributed by atoms with Crippen LogP contribution in [0, 0.1) is 0 Å². The van der Waals surface area contributed by atoms with Gasteiger partial charge in [0.05, 0.1) is 11.7 Å². The van der Waals surface area contributed by atoms with E-state index in [4.69, 9.17) is 5.73 Å². The second-order valence-corrected chi connectivity index (χ2v) is 5.33. The Kier molecular flexibility index (Phi) is 2.73. The fourth-order valence-electron chi connectivity index (χ4n) is 2.36. The predicted molar refractivity (Wildman–Crippen MR) is 72.3 cm³/mol. The van der Waals surface area contributed by atoms with E-state index in [0.29, 0.717) is 11.9 Å². The smallest absolute Gasteiger partial charge is 0.146 e. The molecule has 0 amide bonds. The Morgan fingerprint density at radius 1 is 1.41 bits per heavy atom. The van der Waals surface area contributed by atoms with Gasteiger partial charge in [0.25, 0.3) is 0 Å². The standard InChI is InChI=1S/C13H15N3S/c14-13-11(4-2-7-15-13)16-10-3-1-5-12-9(10)6-8-17-12/h2,4,6-8,10,16H,1,3,5H2,(H2,14,15). The van der Waals surface area contributed by atoms with Gasteiger partial charge in [0.15, 0.2) is 0 Å². The number of pyridine rings is 1. The summed E-state index contributed by atoms with van der Waals surface area (Å²) in [5.74, 6) is 0.579. The fourth-order valence-corrected chi connectivity index (χ4v) is 3.35. The molecule has 88 valence electrons. The summed E-state index contributed by atoms with van der Waals surface area (Å²) < 4.78 is 0. The number of nitrogens with one attached hydrogen (secondary N) is 1. The number of thiophene rings is 1. The van der Waals surface area contributed by atoms with Crippen molar-refractivity contribution in [1.29, 1.82) is 0 Å². The molecule has 3 N–H and O–H groups in total. The number of fused-ring (bicyclic) bond motifs is 1. The highest BCUT2D eigenvalue weighted by atomic mass is 32.1. The van der Waals surface area contributed by atoms with Crippen molar-refractivity contribution in [3.05, 3.63) is 40.2 Å². The highest BCUT2D eigenvalue weighted by Crippen LogP contribution is 2.36. The van der Waals surface area contributed by atoms with Crippen molar-refractivity contribution < 1.29 is 0 Å². The Labute approximate surface area is 105 Å². The molecule has 1 aliphatic carbocycles. The molecule has 2 heterocycles. The average Bonchev–Trinajstić information content (AvgIpc) is 2.81. The van der Waals surface area contributed by atoms with Gasteiger partial charge in [-0.2, -0.15) is 0 Å². The number of nitrogens with zero attached hydrogens (tertiary/aromatic N) is 1. The first-order valence-corrected chi connectivity index (χ1v) is 6.76. The summed E-state index contributed by atoms with van der Waals surface area (Å²) >= 11 is 1.86. The lowest BCUT2D eigenvalue weighted by molar-refractivity contribution is 0.609. The van der Waals surface area contributed by atoms with Crippen molar-refractivity contribution in [2.75, 3.05) is 11.1 Å². The fraction of sp³-hybridized carbons (Fsp3) is 0.308. The van der Waals surface area contributed by atoms with Gasteiger partial charge in [-0.3, -0.25) is 0 Å². The second kappa shape index (κ2) is 4.37. The van der Waals surface area contributed by atoms with Crippen LogP contribution in [0.25, 0.3) is 0 Å². The van der Waals surface area contributed by atoms with Crippen LogP contribution in [0.1, 0.15) is 29.3 Å². The summed E-state index contributed by atoms with van der Waals surface area (Å²) in [6.07, 6.45) is 5.34. The van der Waals surface area contributed by atoms with E-state index < -0.39 is 0 Å². The van der Waals surface area contributed by atoms with Crippen LogP contribution in [0.15, 0.2) is 29.8 Å². The SMILES string of the molecule is Nc1ncccc1NC1CCCc2sccc21. The minimum atomic E-state index is 0.386. The van der Waals surface area contributed by atoms with Crippen LogP contribution in [-0.2, 0) is 6.42 Å². The molecule has 0 aromatic carbocycles. The normalized spacial score (nSPS) is 18.7. The van der Waals surface area contributed by atoms with Crippen molar-refractivity contribution in [3.63, 3.8) is 0 Å². The summed E-state index contributed by atoms with van der Waals surface area (Å²) in [5, 5.41) is 5.69. The lowest BCUT2D eigenvalue weighted by atomic mass is 9.94. The molecule has 0 aliphatic heterocycles. The van der Waals surface area contributed by atoms with E-state index in [1.165, 1.54) is 23.3 Å². The Morgan fingerprint density at radius 2 is 2.35 bits per heavy atom. The van der Waals surface area contributed by atoms with Gasteiger partial charge in [0.1, 0.15) is 5.82 Å². The van der Waals surface area contributed by atoms with Gasteiger partial charge in [-0.15, -0.1) is 11.3 Å². The lowest BCUT2D eigenvalue weighted by Gasteiger charge is -2.25. The van der Waals surface area contributed by atoms with E-state index in [-0.39, 0.29) is 0 Å². The third-order valence-corrected chi connectivity index (χ3v) is 4.22. The molecule has 0 fully saturated rings. The molecule has 3 nitrogen and oxygen atoms in total. The first kappa shape index (κ1) is 10.6. The number of nitrogens with two attached hydrogens (primary N) is 1. The molecule has 2 aromatic heterocycles. The first-order chi connectivity index (χ1) is 8.34. The number of aromatic nitrogens is 1. The number of hydrogen-bond donors (Lipinski definition) is 2. The molecule has 1 unspecified atom stereocenters. The molecule has 3 rings (SSSR count). The topological polar surface area (TPSA) is 50.9 Å². The molecule has 4 heteroatoms. The zero-order valence-electron chi connectivity index (χ0n) is 9.52. The largest absolute Gasteiger partial charge is 0.382 e. The molecule has 0 radical (unpaired) electrons. The zero-order valence-corrected chi connectivity index (χ0v) is 10.3. The Morgan fingerprint density at radius 3 is 3.24 bits per heavy atom. The van der Waals surface area contributed by atoms with E-state index in [9.17, 15) is 0 Å². The minimum Gasteiger partial charge on any atom is -0.382 e. The summed E-state index contributed by atoms with van der Waals surface area (Å²) in [7, 11) is 0. The molecule has 0 saturated heterocycles. The Hall–Kier alpha value is -1.55. The molecule has 1 aliphatic rings. The summed E-state index contributed by atoms with van der Waals surface area (Å²) in [5.41, 5.74) is 8.24. The molecular weight excluding hydrogens is 230 g/mol. The first-order valence-electron chi connectivity index (χ1n) is 5.88. The third kappa shape index (κ3) is 2.00. The van der Waals surface area contributed by atoms with Gasteiger partial charge >= 0.3 is 0 Å². The van der Waals surface area contributed by atoms with E-state index in [1.807, 2.05) is 23.5 Å². The van der Waals surface area contributed by atoms with Crippen LogP contribution in [0.2, 0.25) is 0 Å².